The van der Waals surface area contributed by atoms with E-state index in [1.165, 1.54) is 20.3 Å². The topological polar surface area (TPSA) is 94.7 Å². The average Bonchev–Trinajstić information content (AvgIpc) is 2.53. The van der Waals surface area contributed by atoms with Crippen molar-refractivity contribution >= 4 is 11.7 Å². The summed E-state index contributed by atoms with van der Waals surface area (Å²) in [4.78, 5) is 16.1. The van der Waals surface area contributed by atoms with Crippen molar-refractivity contribution in [3.8, 4) is 11.3 Å². The monoisotopic (exact) mass is 288 g/mol. The van der Waals surface area contributed by atoms with Gasteiger partial charge in [0, 0.05) is 18.2 Å². The van der Waals surface area contributed by atoms with E-state index in [4.69, 9.17) is 15.2 Å². The Bertz CT molecular complexity index is 644. The predicted octanol–water partition coefficient (Wildman–Crippen LogP) is 1.75. The summed E-state index contributed by atoms with van der Waals surface area (Å²) in [5.74, 6) is -0.668. The number of benzene rings is 1. The van der Waals surface area contributed by atoms with E-state index in [9.17, 15) is 9.90 Å². The van der Waals surface area contributed by atoms with Crippen LogP contribution in [0.15, 0.2) is 36.4 Å². The van der Waals surface area contributed by atoms with Gasteiger partial charge in [0.05, 0.1) is 18.5 Å². The van der Waals surface area contributed by atoms with Crippen molar-refractivity contribution in [3.63, 3.8) is 0 Å². The van der Waals surface area contributed by atoms with Crippen molar-refractivity contribution in [2.45, 2.75) is 6.29 Å². The first-order valence-electron chi connectivity index (χ1n) is 6.23. The molecule has 1 unspecified atom stereocenters. The van der Waals surface area contributed by atoms with Gasteiger partial charge in [-0.1, -0.05) is 30.3 Å². The van der Waals surface area contributed by atoms with Gasteiger partial charge in [0.15, 0.2) is 12.0 Å². The summed E-state index contributed by atoms with van der Waals surface area (Å²) < 4.78 is 9.52. The summed E-state index contributed by atoms with van der Waals surface area (Å²) in [7, 11) is 2.55. The van der Waals surface area contributed by atoms with Gasteiger partial charge in [0.1, 0.15) is 0 Å². The van der Waals surface area contributed by atoms with E-state index >= 15 is 0 Å². The van der Waals surface area contributed by atoms with E-state index < -0.39 is 12.3 Å². The Labute approximate surface area is 122 Å². The van der Waals surface area contributed by atoms with Crippen molar-refractivity contribution in [1.29, 1.82) is 0 Å². The number of aliphatic hydroxyl groups is 1. The van der Waals surface area contributed by atoms with Crippen LogP contribution < -0.4 is 5.73 Å². The normalized spacial score (nSPS) is 12.0. The third kappa shape index (κ3) is 3.01. The van der Waals surface area contributed by atoms with Crippen LogP contribution in [0.25, 0.3) is 11.3 Å². The Kier molecular flexibility index (Phi) is 4.52. The second-order valence-corrected chi connectivity index (χ2v) is 4.31. The molecule has 1 atom stereocenters. The molecule has 21 heavy (non-hydrogen) atoms. The Morgan fingerprint density at radius 3 is 2.52 bits per heavy atom. The Balaban J connectivity index is 2.63. The molecule has 0 aliphatic heterocycles. The average molecular weight is 288 g/mol. The summed E-state index contributed by atoms with van der Waals surface area (Å²) in [5, 5.41) is 9.81. The second kappa shape index (κ2) is 6.34. The number of nitrogens with two attached hydrogens (primary N) is 1. The number of hydrogen-bond acceptors (Lipinski definition) is 6. The van der Waals surface area contributed by atoms with Crippen molar-refractivity contribution < 1.29 is 19.4 Å². The number of hydrogen-bond donors (Lipinski definition) is 2. The molecule has 3 N–H and O–H groups in total. The number of nitrogens with zero attached hydrogens (tertiary/aromatic N) is 1. The second-order valence-electron chi connectivity index (χ2n) is 4.31. The van der Waals surface area contributed by atoms with Crippen LogP contribution in [0, 0.1) is 0 Å². The molecular weight excluding hydrogens is 272 g/mol. The minimum atomic E-state index is -1.31. The SMILES string of the molecule is COC(=O)c1nc(-c2ccccc2)c(N)cc1C(O)OC. The van der Waals surface area contributed by atoms with Crippen molar-refractivity contribution in [2.75, 3.05) is 20.0 Å². The maximum absolute atomic E-state index is 11.9. The molecule has 2 aromatic rings. The number of ether oxygens (including phenoxy) is 2. The van der Waals surface area contributed by atoms with Crippen LogP contribution in [0.4, 0.5) is 5.69 Å². The third-order valence-corrected chi connectivity index (χ3v) is 3.00. The molecule has 110 valence electrons. The van der Waals surface area contributed by atoms with Gasteiger partial charge in [-0.2, -0.15) is 0 Å². The van der Waals surface area contributed by atoms with Gasteiger partial charge in [-0.15, -0.1) is 0 Å². The number of carbonyl (C=O) groups is 1. The summed E-state index contributed by atoms with van der Waals surface area (Å²) in [6, 6.07) is 10.7. The first-order valence-corrected chi connectivity index (χ1v) is 6.23. The number of esters is 1. The molecule has 0 bridgehead atoms. The molecule has 0 saturated carbocycles. The predicted molar refractivity (Wildman–Crippen MR) is 77.4 cm³/mol. The molecule has 0 fully saturated rings. The summed E-state index contributed by atoms with van der Waals surface area (Å²) in [5.41, 5.74) is 7.66. The number of rotatable bonds is 4. The lowest BCUT2D eigenvalue weighted by molar-refractivity contribution is -0.0777. The number of aromatic nitrogens is 1. The zero-order valence-electron chi connectivity index (χ0n) is 11.7. The van der Waals surface area contributed by atoms with Crippen LogP contribution in [-0.2, 0) is 9.47 Å². The Morgan fingerprint density at radius 2 is 1.95 bits per heavy atom. The maximum atomic E-state index is 11.9. The van der Waals surface area contributed by atoms with Crippen molar-refractivity contribution in [2.24, 2.45) is 0 Å². The largest absolute Gasteiger partial charge is 0.464 e. The molecule has 1 aromatic carbocycles. The number of nitrogen functional groups attached to an aromatic ring is 1. The summed E-state index contributed by atoms with van der Waals surface area (Å²) >= 11 is 0. The van der Waals surface area contributed by atoms with E-state index in [1.54, 1.807) is 0 Å². The fraction of sp³-hybridized carbons (Fsp3) is 0.200. The molecule has 1 heterocycles. The van der Waals surface area contributed by atoms with E-state index in [1.807, 2.05) is 30.3 Å². The van der Waals surface area contributed by atoms with Crippen LogP contribution in [0.1, 0.15) is 22.3 Å². The lowest BCUT2D eigenvalue weighted by Gasteiger charge is -2.15. The number of anilines is 1. The molecule has 0 radical (unpaired) electrons. The quantitative estimate of drug-likeness (QED) is 0.657. The lowest BCUT2D eigenvalue weighted by Crippen LogP contribution is -2.14. The zero-order valence-corrected chi connectivity index (χ0v) is 11.7. The lowest BCUT2D eigenvalue weighted by atomic mass is 10.1. The number of carbonyl (C=O) groups excluding carboxylic acids is 1. The zero-order chi connectivity index (χ0) is 15.4. The molecule has 0 aliphatic carbocycles. The van der Waals surface area contributed by atoms with Crippen LogP contribution in [0.2, 0.25) is 0 Å². The molecule has 0 saturated heterocycles. The van der Waals surface area contributed by atoms with Gasteiger partial charge >= 0.3 is 5.97 Å². The molecular formula is C15H16N2O4. The van der Waals surface area contributed by atoms with Crippen LogP contribution in [0.3, 0.4) is 0 Å². The van der Waals surface area contributed by atoms with Crippen LogP contribution in [0.5, 0.6) is 0 Å². The van der Waals surface area contributed by atoms with Gasteiger partial charge in [-0.25, -0.2) is 9.78 Å². The standard InChI is InChI=1S/C15H16N2O4/c1-20-14(18)10-8-11(16)12(9-6-4-3-5-7-9)17-13(10)15(19)21-2/h3-8,14,18H,16H2,1-2H3. The van der Waals surface area contributed by atoms with Gasteiger partial charge in [-0.05, 0) is 6.07 Å². The molecule has 6 heteroatoms. The van der Waals surface area contributed by atoms with E-state index in [2.05, 4.69) is 4.98 Å². The molecule has 1 aromatic heterocycles. The molecule has 2 rings (SSSR count). The molecule has 0 amide bonds. The fourth-order valence-electron chi connectivity index (χ4n) is 1.95. The number of aliphatic hydroxyl groups excluding tert-OH is 1. The maximum Gasteiger partial charge on any atom is 0.357 e. The first-order chi connectivity index (χ1) is 10.1. The first kappa shape index (κ1) is 15.0. The van der Waals surface area contributed by atoms with Gasteiger partial charge in [-0.3, -0.25) is 0 Å². The number of pyridine rings is 1. The van der Waals surface area contributed by atoms with Gasteiger partial charge in [0.25, 0.3) is 0 Å². The van der Waals surface area contributed by atoms with E-state index in [0.29, 0.717) is 11.4 Å². The van der Waals surface area contributed by atoms with Gasteiger partial charge < -0.3 is 20.3 Å². The minimum Gasteiger partial charge on any atom is -0.464 e. The van der Waals surface area contributed by atoms with E-state index in [0.717, 1.165) is 5.56 Å². The molecule has 6 nitrogen and oxygen atoms in total. The minimum absolute atomic E-state index is 0.0279. The summed E-state index contributed by atoms with van der Waals surface area (Å²) in [6.07, 6.45) is -1.31. The highest BCUT2D eigenvalue weighted by molar-refractivity contribution is 5.91. The summed E-state index contributed by atoms with van der Waals surface area (Å²) in [6.45, 7) is 0. The molecule has 0 spiro atoms. The third-order valence-electron chi connectivity index (χ3n) is 3.00. The van der Waals surface area contributed by atoms with Crippen LogP contribution >= 0.6 is 0 Å². The van der Waals surface area contributed by atoms with Crippen molar-refractivity contribution in [1.82, 2.24) is 4.98 Å². The Morgan fingerprint density at radius 1 is 1.29 bits per heavy atom. The highest BCUT2D eigenvalue weighted by Gasteiger charge is 2.22. The van der Waals surface area contributed by atoms with E-state index in [-0.39, 0.29) is 11.3 Å². The number of methoxy groups -OCH3 is 2. The van der Waals surface area contributed by atoms with Crippen LogP contribution in [-0.4, -0.2) is 30.3 Å². The smallest absolute Gasteiger partial charge is 0.357 e. The highest BCUT2D eigenvalue weighted by Crippen LogP contribution is 2.29. The fourth-order valence-corrected chi connectivity index (χ4v) is 1.95. The van der Waals surface area contributed by atoms with Crippen molar-refractivity contribution in [3.05, 3.63) is 47.7 Å². The van der Waals surface area contributed by atoms with Gasteiger partial charge in [0.2, 0.25) is 0 Å². The molecule has 0 aliphatic rings. The Hall–Kier alpha value is -2.44. The highest BCUT2D eigenvalue weighted by atomic mass is 16.6.